The van der Waals surface area contributed by atoms with Crippen LogP contribution in [0.2, 0.25) is 10.0 Å². The highest BCUT2D eigenvalue weighted by Gasteiger charge is 2.16. The van der Waals surface area contributed by atoms with E-state index in [9.17, 15) is 0 Å². The molecule has 0 saturated heterocycles. The average molecular weight is 322 g/mol. The smallest absolute Gasteiger partial charge is 0.0493 e. The maximum Gasteiger partial charge on any atom is 0.0493 e. The first-order valence-electron chi connectivity index (χ1n) is 5.06. The summed E-state index contributed by atoms with van der Waals surface area (Å²) in [5.41, 5.74) is 2.44. The maximum absolute atomic E-state index is 6.14. The van der Waals surface area contributed by atoms with Gasteiger partial charge in [0.25, 0.3) is 0 Å². The second-order valence-electron chi connectivity index (χ2n) is 4.72. The Hall–Kier alpha value is 0.0200. The van der Waals surface area contributed by atoms with Crippen molar-refractivity contribution in [3.05, 3.63) is 39.4 Å². The molecule has 0 spiro atoms. The van der Waals surface area contributed by atoms with Crippen LogP contribution in [0.1, 0.15) is 26.3 Å². The first kappa shape index (κ1) is 14.1. The molecular formula is C13H15BrCl2. The fourth-order valence-corrected chi connectivity index (χ4v) is 2.73. The van der Waals surface area contributed by atoms with Gasteiger partial charge in [0.05, 0.1) is 0 Å². The van der Waals surface area contributed by atoms with Crippen LogP contribution < -0.4 is 0 Å². The zero-order valence-corrected chi connectivity index (χ0v) is 12.7. The largest absolute Gasteiger partial charge is 0.0880 e. The molecule has 16 heavy (non-hydrogen) atoms. The first-order chi connectivity index (χ1) is 7.34. The molecule has 0 radical (unpaired) electrons. The van der Waals surface area contributed by atoms with Crippen molar-refractivity contribution in [2.24, 2.45) is 5.41 Å². The summed E-state index contributed by atoms with van der Waals surface area (Å²) in [5, 5.41) is 2.20. The molecule has 0 aliphatic rings. The number of allylic oxidation sites excluding steroid dienone is 1. The van der Waals surface area contributed by atoms with Gasteiger partial charge in [-0.2, -0.15) is 0 Å². The molecule has 0 aromatic heterocycles. The van der Waals surface area contributed by atoms with Gasteiger partial charge in [0.15, 0.2) is 0 Å². The van der Waals surface area contributed by atoms with Crippen LogP contribution in [0.3, 0.4) is 0 Å². The van der Waals surface area contributed by atoms with Gasteiger partial charge in [-0.3, -0.25) is 0 Å². The third kappa shape index (κ3) is 3.80. The minimum atomic E-state index is 0.131. The molecule has 0 nitrogen and oxygen atoms in total. The molecule has 0 aliphatic carbocycles. The van der Waals surface area contributed by atoms with E-state index in [1.165, 1.54) is 5.57 Å². The summed E-state index contributed by atoms with van der Waals surface area (Å²) in [6, 6.07) is 5.57. The minimum Gasteiger partial charge on any atom is -0.0880 e. The van der Waals surface area contributed by atoms with E-state index in [1.54, 1.807) is 6.07 Å². The molecule has 0 aliphatic heterocycles. The summed E-state index contributed by atoms with van der Waals surface area (Å²) in [5.74, 6) is 0. The highest BCUT2D eigenvalue weighted by Crippen LogP contribution is 2.31. The molecule has 0 atom stereocenters. The van der Waals surface area contributed by atoms with Gasteiger partial charge in [0.2, 0.25) is 0 Å². The molecule has 3 heteroatoms. The van der Waals surface area contributed by atoms with E-state index in [1.807, 2.05) is 12.1 Å². The van der Waals surface area contributed by atoms with E-state index < -0.39 is 0 Å². The third-order valence-corrected chi connectivity index (χ3v) is 3.57. The van der Waals surface area contributed by atoms with Crippen LogP contribution in [0.25, 0.3) is 6.08 Å². The van der Waals surface area contributed by atoms with E-state index >= 15 is 0 Å². The van der Waals surface area contributed by atoms with Gasteiger partial charge < -0.3 is 0 Å². The predicted molar refractivity (Wildman–Crippen MR) is 77.7 cm³/mol. The van der Waals surface area contributed by atoms with Crippen LogP contribution in [0, 0.1) is 5.41 Å². The number of hydrogen-bond acceptors (Lipinski definition) is 0. The predicted octanol–water partition coefficient (Wildman–Crippen LogP) is 5.82. The molecule has 0 unspecified atom stereocenters. The molecule has 0 saturated carbocycles. The van der Waals surface area contributed by atoms with Crippen LogP contribution in [0.4, 0.5) is 0 Å². The minimum absolute atomic E-state index is 0.131. The molecule has 1 aromatic rings. The van der Waals surface area contributed by atoms with Crippen molar-refractivity contribution in [2.75, 3.05) is 5.33 Å². The van der Waals surface area contributed by atoms with Crippen LogP contribution in [0.5, 0.6) is 0 Å². The van der Waals surface area contributed by atoms with E-state index in [2.05, 4.69) is 42.8 Å². The summed E-state index contributed by atoms with van der Waals surface area (Å²) < 4.78 is 0. The number of benzene rings is 1. The van der Waals surface area contributed by atoms with Gasteiger partial charge in [-0.05, 0) is 23.1 Å². The zero-order valence-electron chi connectivity index (χ0n) is 9.65. The van der Waals surface area contributed by atoms with Crippen LogP contribution in [-0.4, -0.2) is 5.33 Å². The normalized spacial score (nSPS) is 13.0. The molecule has 0 heterocycles. The third-order valence-electron chi connectivity index (χ3n) is 2.40. The van der Waals surface area contributed by atoms with E-state index in [0.29, 0.717) is 10.0 Å². The fourth-order valence-electron chi connectivity index (χ4n) is 1.26. The Morgan fingerprint density at radius 3 is 2.38 bits per heavy atom. The van der Waals surface area contributed by atoms with Crippen LogP contribution in [0.15, 0.2) is 23.8 Å². The van der Waals surface area contributed by atoms with Crippen molar-refractivity contribution < 1.29 is 0 Å². The quantitative estimate of drug-likeness (QED) is 0.602. The SMILES string of the molecule is CC(C)(C)/C(=C\c1ccc(Cl)cc1Cl)CBr. The summed E-state index contributed by atoms with van der Waals surface area (Å²) >= 11 is 15.5. The topological polar surface area (TPSA) is 0 Å². The summed E-state index contributed by atoms with van der Waals surface area (Å²) in [6.07, 6.45) is 2.12. The lowest BCUT2D eigenvalue weighted by Crippen LogP contribution is -2.10. The van der Waals surface area contributed by atoms with E-state index in [-0.39, 0.29) is 5.41 Å². The van der Waals surface area contributed by atoms with Gasteiger partial charge in [-0.25, -0.2) is 0 Å². The Morgan fingerprint density at radius 2 is 1.94 bits per heavy atom. The Labute approximate surface area is 116 Å². The van der Waals surface area contributed by atoms with Gasteiger partial charge in [0.1, 0.15) is 0 Å². The van der Waals surface area contributed by atoms with Crippen molar-refractivity contribution in [3.63, 3.8) is 0 Å². The molecule has 1 rings (SSSR count). The molecule has 0 N–H and O–H groups in total. The van der Waals surface area contributed by atoms with Crippen LogP contribution >= 0.6 is 39.1 Å². The highest BCUT2D eigenvalue weighted by atomic mass is 79.9. The van der Waals surface area contributed by atoms with Crippen molar-refractivity contribution in [2.45, 2.75) is 20.8 Å². The van der Waals surface area contributed by atoms with Gasteiger partial charge in [-0.15, -0.1) is 0 Å². The first-order valence-corrected chi connectivity index (χ1v) is 6.94. The molecular weight excluding hydrogens is 307 g/mol. The lowest BCUT2D eigenvalue weighted by molar-refractivity contribution is 0.511. The monoisotopic (exact) mass is 320 g/mol. The molecule has 0 fully saturated rings. The highest BCUT2D eigenvalue weighted by molar-refractivity contribution is 9.09. The van der Waals surface area contributed by atoms with Gasteiger partial charge in [-0.1, -0.05) is 77.6 Å². The van der Waals surface area contributed by atoms with Crippen molar-refractivity contribution in [1.29, 1.82) is 0 Å². The maximum atomic E-state index is 6.14. The molecule has 0 amide bonds. The molecule has 0 bridgehead atoms. The second kappa shape index (κ2) is 5.57. The Morgan fingerprint density at radius 1 is 1.31 bits per heavy atom. The lowest BCUT2D eigenvalue weighted by Gasteiger charge is -2.21. The average Bonchev–Trinajstić information content (AvgIpc) is 2.14. The number of halogens is 3. The summed E-state index contributed by atoms with van der Waals surface area (Å²) in [4.78, 5) is 0. The fraction of sp³-hybridized carbons (Fsp3) is 0.385. The zero-order chi connectivity index (χ0) is 12.3. The summed E-state index contributed by atoms with van der Waals surface area (Å²) in [7, 11) is 0. The van der Waals surface area contributed by atoms with Gasteiger partial charge >= 0.3 is 0 Å². The Kier molecular flexibility index (Phi) is 4.90. The lowest BCUT2D eigenvalue weighted by atomic mass is 9.86. The Bertz CT molecular complexity index is 403. The summed E-state index contributed by atoms with van der Waals surface area (Å²) in [6.45, 7) is 6.55. The number of alkyl halides is 1. The van der Waals surface area contributed by atoms with Crippen molar-refractivity contribution in [1.82, 2.24) is 0 Å². The van der Waals surface area contributed by atoms with Crippen molar-refractivity contribution >= 4 is 45.2 Å². The molecule has 88 valence electrons. The van der Waals surface area contributed by atoms with Crippen LogP contribution in [-0.2, 0) is 0 Å². The van der Waals surface area contributed by atoms with E-state index in [4.69, 9.17) is 23.2 Å². The molecule has 1 aromatic carbocycles. The standard InChI is InChI=1S/C13H15BrCl2/c1-13(2,3)10(8-14)6-9-4-5-11(15)7-12(9)16/h4-7H,8H2,1-3H3/b10-6-. The van der Waals surface area contributed by atoms with Gasteiger partial charge in [0, 0.05) is 15.4 Å². The Balaban J connectivity index is 3.14. The number of hydrogen-bond donors (Lipinski definition) is 0. The second-order valence-corrected chi connectivity index (χ2v) is 6.12. The number of rotatable bonds is 2. The van der Waals surface area contributed by atoms with Crippen molar-refractivity contribution in [3.8, 4) is 0 Å². The van der Waals surface area contributed by atoms with E-state index in [0.717, 1.165) is 10.9 Å².